The Hall–Kier alpha value is -2.82. The molecule has 0 N–H and O–H groups in total. The molecule has 0 heterocycles. The molecule has 0 unspecified atom stereocenters. The summed E-state index contributed by atoms with van der Waals surface area (Å²) in [7, 11) is 4.52. The van der Waals surface area contributed by atoms with Crippen molar-refractivity contribution < 1.29 is 19.1 Å². The first kappa shape index (κ1) is 17.5. The predicted octanol–water partition coefficient (Wildman–Crippen LogP) is 3.64. The smallest absolute Gasteiger partial charge is 0.339 e. The molecule has 0 aliphatic carbocycles. The average Bonchev–Trinajstić information content (AvgIpc) is 2.59. The second kappa shape index (κ2) is 7.17. The maximum atomic E-state index is 12.1. The van der Waals surface area contributed by atoms with Gasteiger partial charge in [-0.05, 0) is 37.1 Å². The first-order valence-corrected chi connectivity index (χ1v) is 7.52. The van der Waals surface area contributed by atoms with Gasteiger partial charge in [0.2, 0.25) is 0 Å². The molecule has 0 atom stereocenters. The van der Waals surface area contributed by atoms with Gasteiger partial charge in [-0.25, -0.2) is 9.59 Å². The largest absolute Gasteiger partial charge is 0.465 e. The first-order valence-electron chi connectivity index (χ1n) is 7.52. The van der Waals surface area contributed by atoms with Crippen molar-refractivity contribution in [2.45, 2.75) is 13.8 Å². The van der Waals surface area contributed by atoms with E-state index in [4.69, 9.17) is 9.47 Å². The lowest BCUT2D eigenvalue weighted by Gasteiger charge is -2.27. The Balaban J connectivity index is 2.69. The number of rotatable bonds is 4. The third-order valence-electron chi connectivity index (χ3n) is 3.96. The third kappa shape index (κ3) is 3.11. The fraction of sp³-hybridized carbons (Fsp3) is 0.263. The molecule has 0 bridgehead atoms. The van der Waals surface area contributed by atoms with Crippen molar-refractivity contribution in [3.8, 4) is 0 Å². The topological polar surface area (TPSA) is 55.8 Å². The monoisotopic (exact) mass is 327 g/mol. The minimum Gasteiger partial charge on any atom is -0.465 e. The molecule has 0 fully saturated rings. The maximum absolute atomic E-state index is 12.1. The summed E-state index contributed by atoms with van der Waals surface area (Å²) in [6.07, 6.45) is 0. The lowest BCUT2D eigenvalue weighted by molar-refractivity contribution is 0.0593. The quantitative estimate of drug-likeness (QED) is 0.802. The van der Waals surface area contributed by atoms with E-state index < -0.39 is 11.9 Å². The van der Waals surface area contributed by atoms with Crippen molar-refractivity contribution in [3.63, 3.8) is 0 Å². The molecular weight excluding hydrogens is 306 g/mol. The Labute approximate surface area is 141 Å². The molecule has 0 aliphatic heterocycles. The molecular formula is C19H21NO4. The third-order valence-corrected chi connectivity index (χ3v) is 3.96. The lowest BCUT2D eigenvalue weighted by atomic mass is 10.0. The van der Waals surface area contributed by atoms with Crippen LogP contribution in [0, 0.1) is 13.8 Å². The number of anilines is 2. The molecule has 0 aliphatic rings. The van der Waals surface area contributed by atoms with Crippen LogP contribution in [0.25, 0.3) is 0 Å². The van der Waals surface area contributed by atoms with Gasteiger partial charge in [0, 0.05) is 7.05 Å². The molecule has 24 heavy (non-hydrogen) atoms. The normalized spacial score (nSPS) is 10.2. The van der Waals surface area contributed by atoms with E-state index in [2.05, 4.69) is 0 Å². The summed E-state index contributed by atoms with van der Waals surface area (Å²) in [5.41, 5.74) is 4.09. The molecule has 0 saturated heterocycles. The van der Waals surface area contributed by atoms with Crippen molar-refractivity contribution >= 4 is 23.3 Å². The van der Waals surface area contributed by atoms with Gasteiger partial charge in [0.25, 0.3) is 0 Å². The number of para-hydroxylation sites is 2. The number of hydrogen-bond acceptors (Lipinski definition) is 5. The van der Waals surface area contributed by atoms with E-state index in [0.29, 0.717) is 22.5 Å². The van der Waals surface area contributed by atoms with Crippen LogP contribution < -0.4 is 4.90 Å². The number of esters is 2. The lowest BCUT2D eigenvalue weighted by Crippen LogP contribution is -2.20. The fourth-order valence-corrected chi connectivity index (χ4v) is 2.87. The van der Waals surface area contributed by atoms with Gasteiger partial charge in [0.05, 0.1) is 36.7 Å². The molecule has 5 nitrogen and oxygen atoms in total. The molecule has 126 valence electrons. The zero-order chi connectivity index (χ0) is 17.9. The Morgan fingerprint density at radius 3 is 1.50 bits per heavy atom. The van der Waals surface area contributed by atoms with Crippen molar-refractivity contribution in [3.05, 3.63) is 58.7 Å². The van der Waals surface area contributed by atoms with Crippen LogP contribution in [0.3, 0.4) is 0 Å². The van der Waals surface area contributed by atoms with Crippen LogP contribution in [0.15, 0.2) is 36.4 Å². The van der Waals surface area contributed by atoms with Crippen molar-refractivity contribution in [2.24, 2.45) is 0 Å². The van der Waals surface area contributed by atoms with Crippen LogP contribution in [-0.2, 0) is 9.47 Å². The Bertz CT molecular complexity index is 717. The molecule has 0 aromatic heterocycles. The number of carbonyl (C=O) groups excluding carboxylic acids is 2. The Kier molecular flexibility index (Phi) is 5.24. The minimum absolute atomic E-state index is 0.422. The SMILES string of the molecule is COC(=O)c1cccc(C)c1N(C)c1c(C)cccc1C(=O)OC. The van der Waals surface area contributed by atoms with Crippen LogP contribution in [-0.4, -0.2) is 33.2 Å². The molecule has 2 aromatic carbocycles. The zero-order valence-electron chi connectivity index (χ0n) is 14.5. The summed E-state index contributed by atoms with van der Waals surface area (Å²) in [6.45, 7) is 3.82. The van der Waals surface area contributed by atoms with Gasteiger partial charge in [-0.15, -0.1) is 0 Å². The van der Waals surface area contributed by atoms with Crippen molar-refractivity contribution in [1.82, 2.24) is 0 Å². The van der Waals surface area contributed by atoms with Crippen molar-refractivity contribution in [1.29, 1.82) is 0 Å². The fourth-order valence-electron chi connectivity index (χ4n) is 2.87. The van der Waals surface area contributed by atoms with E-state index in [1.54, 1.807) is 24.3 Å². The van der Waals surface area contributed by atoms with Crippen LogP contribution in [0.1, 0.15) is 31.8 Å². The van der Waals surface area contributed by atoms with E-state index in [1.165, 1.54) is 14.2 Å². The van der Waals surface area contributed by atoms with E-state index in [0.717, 1.165) is 11.1 Å². The maximum Gasteiger partial charge on any atom is 0.339 e. The summed E-state index contributed by atoms with van der Waals surface area (Å²) in [5, 5.41) is 0. The van der Waals surface area contributed by atoms with E-state index in [1.807, 2.05) is 37.9 Å². The summed E-state index contributed by atoms with van der Waals surface area (Å²) < 4.78 is 9.78. The van der Waals surface area contributed by atoms with E-state index >= 15 is 0 Å². The molecule has 0 radical (unpaired) electrons. The van der Waals surface area contributed by atoms with E-state index in [9.17, 15) is 9.59 Å². The van der Waals surface area contributed by atoms with Gasteiger partial charge >= 0.3 is 11.9 Å². The number of nitrogens with zero attached hydrogens (tertiary/aromatic N) is 1. The number of ether oxygens (including phenoxy) is 2. The minimum atomic E-state index is -0.422. The molecule has 0 spiro atoms. The van der Waals surface area contributed by atoms with Gasteiger partial charge < -0.3 is 14.4 Å². The van der Waals surface area contributed by atoms with Crippen LogP contribution >= 0.6 is 0 Å². The van der Waals surface area contributed by atoms with Gasteiger partial charge in [0.1, 0.15) is 0 Å². The molecule has 2 rings (SSSR count). The van der Waals surface area contributed by atoms with Crippen LogP contribution in [0.5, 0.6) is 0 Å². The van der Waals surface area contributed by atoms with Crippen molar-refractivity contribution in [2.75, 3.05) is 26.2 Å². The number of aryl methyl sites for hydroxylation is 2. The van der Waals surface area contributed by atoms with E-state index in [-0.39, 0.29) is 0 Å². The van der Waals surface area contributed by atoms with Crippen LogP contribution in [0.4, 0.5) is 11.4 Å². The molecule has 0 saturated carbocycles. The Morgan fingerprint density at radius 2 is 1.17 bits per heavy atom. The summed E-state index contributed by atoms with van der Waals surface area (Å²) in [6, 6.07) is 10.8. The second-order valence-electron chi connectivity index (χ2n) is 5.48. The standard InChI is InChI=1S/C19H21NO4/c1-12-8-6-10-14(18(21)23-4)16(12)20(3)17-13(2)9-7-11-15(17)19(22)24-5/h6-11H,1-5H3. The first-order chi connectivity index (χ1) is 11.4. The number of hydrogen-bond donors (Lipinski definition) is 0. The predicted molar refractivity (Wildman–Crippen MR) is 93.1 cm³/mol. The molecule has 0 amide bonds. The number of carbonyl (C=O) groups is 2. The number of methoxy groups -OCH3 is 2. The van der Waals surface area contributed by atoms with Gasteiger partial charge in [-0.3, -0.25) is 0 Å². The zero-order valence-corrected chi connectivity index (χ0v) is 14.5. The number of benzene rings is 2. The summed E-state index contributed by atoms with van der Waals surface area (Å²) in [5.74, 6) is -0.845. The highest BCUT2D eigenvalue weighted by atomic mass is 16.5. The highest BCUT2D eigenvalue weighted by Gasteiger charge is 2.23. The Morgan fingerprint density at radius 1 is 0.792 bits per heavy atom. The highest BCUT2D eigenvalue weighted by Crippen LogP contribution is 2.35. The van der Waals surface area contributed by atoms with Gasteiger partial charge in [-0.1, -0.05) is 24.3 Å². The van der Waals surface area contributed by atoms with Gasteiger partial charge in [-0.2, -0.15) is 0 Å². The second-order valence-corrected chi connectivity index (χ2v) is 5.48. The summed E-state index contributed by atoms with van der Waals surface area (Å²) >= 11 is 0. The average molecular weight is 327 g/mol. The molecule has 5 heteroatoms. The van der Waals surface area contributed by atoms with Crippen LogP contribution in [0.2, 0.25) is 0 Å². The molecule has 2 aromatic rings. The summed E-state index contributed by atoms with van der Waals surface area (Å²) in [4.78, 5) is 26.1. The highest BCUT2D eigenvalue weighted by molar-refractivity contribution is 6.01. The van der Waals surface area contributed by atoms with Gasteiger partial charge in [0.15, 0.2) is 0 Å².